The summed E-state index contributed by atoms with van der Waals surface area (Å²) in [5.74, 6) is 0. The molecule has 2 aliphatic rings. The Bertz CT molecular complexity index is 450. The van der Waals surface area contributed by atoms with E-state index in [2.05, 4.69) is 38.0 Å². The van der Waals surface area contributed by atoms with Crippen molar-refractivity contribution in [1.82, 2.24) is 15.0 Å². The van der Waals surface area contributed by atoms with Crippen molar-refractivity contribution in [3.05, 3.63) is 6.20 Å². The van der Waals surface area contributed by atoms with E-state index in [1.807, 2.05) is 4.68 Å². The molecule has 1 aromatic heterocycles. The molecule has 0 atom stereocenters. The highest BCUT2D eigenvalue weighted by molar-refractivity contribution is 6.61. The molecular formula is C13H22BN3O2. The van der Waals surface area contributed by atoms with Gasteiger partial charge in [-0.3, -0.25) is 0 Å². The van der Waals surface area contributed by atoms with Gasteiger partial charge in [0.05, 0.1) is 29.0 Å². The molecule has 0 radical (unpaired) electrons. The normalized spacial score (nSPS) is 26.2. The molecule has 1 aliphatic carbocycles. The van der Waals surface area contributed by atoms with E-state index in [0.717, 1.165) is 5.59 Å². The minimum Gasteiger partial charge on any atom is -0.398 e. The Balaban J connectivity index is 1.86. The minimum absolute atomic E-state index is 0.317. The molecule has 1 aliphatic heterocycles. The van der Waals surface area contributed by atoms with Gasteiger partial charge in [0.25, 0.3) is 0 Å². The molecule has 3 rings (SSSR count). The lowest BCUT2D eigenvalue weighted by Crippen LogP contribution is -2.41. The maximum atomic E-state index is 6.09. The fourth-order valence-corrected chi connectivity index (χ4v) is 2.82. The average Bonchev–Trinajstić information content (AvgIpc) is 3.00. The minimum atomic E-state index is -0.361. The molecule has 19 heavy (non-hydrogen) atoms. The van der Waals surface area contributed by atoms with Crippen molar-refractivity contribution in [2.45, 2.75) is 70.6 Å². The molecule has 0 bridgehead atoms. The second kappa shape index (κ2) is 4.31. The molecule has 0 amide bonds. The Morgan fingerprint density at radius 1 is 1.16 bits per heavy atom. The van der Waals surface area contributed by atoms with Crippen LogP contribution < -0.4 is 5.59 Å². The molecule has 1 aromatic rings. The third-order valence-electron chi connectivity index (χ3n) is 4.77. The van der Waals surface area contributed by atoms with E-state index in [0.29, 0.717) is 6.04 Å². The zero-order valence-corrected chi connectivity index (χ0v) is 12.2. The average molecular weight is 263 g/mol. The van der Waals surface area contributed by atoms with Gasteiger partial charge >= 0.3 is 7.12 Å². The Labute approximate surface area is 114 Å². The van der Waals surface area contributed by atoms with Gasteiger partial charge in [-0.2, -0.15) is 0 Å². The molecule has 0 N–H and O–H groups in total. The Morgan fingerprint density at radius 3 is 2.32 bits per heavy atom. The summed E-state index contributed by atoms with van der Waals surface area (Å²) in [5.41, 5.74) is 0.316. The van der Waals surface area contributed by atoms with Crippen LogP contribution >= 0.6 is 0 Å². The van der Waals surface area contributed by atoms with Crippen molar-refractivity contribution in [3.63, 3.8) is 0 Å². The molecule has 0 spiro atoms. The van der Waals surface area contributed by atoms with Gasteiger partial charge in [-0.25, -0.2) is 4.68 Å². The zero-order valence-electron chi connectivity index (χ0n) is 12.2. The molecule has 2 fully saturated rings. The lowest BCUT2D eigenvalue weighted by molar-refractivity contribution is 0.00578. The van der Waals surface area contributed by atoms with Crippen LogP contribution in [0.1, 0.15) is 59.4 Å². The first-order chi connectivity index (χ1) is 8.91. The molecule has 6 heteroatoms. The van der Waals surface area contributed by atoms with Crippen LogP contribution in [0.4, 0.5) is 0 Å². The first-order valence-electron chi connectivity index (χ1n) is 7.16. The van der Waals surface area contributed by atoms with Crippen LogP contribution in [0.15, 0.2) is 6.20 Å². The highest BCUT2D eigenvalue weighted by atomic mass is 16.7. The highest BCUT2D eigenvalue weighted by Gasteiger charge is 2.53. The van der Waals surface area contributed by atoms with Crippen molar-refractivity contribution in [2.24, 2.45) is 0 Å². The van der Waals surface area contributed by atoms with Crippen molar-refractivity contribution in [1.29, 1.82) is 0 Å². The lowest BCUT2D eigenvalue weighted by Gasteiger charge is -2.32. The van der Waals surface area contributed by atoms with Crippen molar-refractivity contribution >= 4 is 12.7 Å². The van der Waals surface area contributed by atoms with Gasteiger partial charge in [-0.1, -0.05) is 18.1 Å². The van der Waals surface area contributed by atoms with Crippen LogP contribution in [0.3, 0.4) is 0 Å². The van der Waals surface area contributed by atoms with Gasteiger partial charge in [0.15, 0.2) is 0 Å². The van der Waals surface area contributed by atoms with Crippen LogP contribution in [0.25, 0.3) is 0 Å². The summed E-state index contributed by atoms with van der Waals surface area (Å²) >= 11 is 0. The van der Waals surface area contributed by atoms with E-state index in [-0.39, 0.29) is 18.3 Å². The summed E-state index contributed by atoms with van der Waals surface area (Å²) in [6.45, 7) is 8.26. The summed E-state index contributed by atoms with van der Waals surface area (Å²) < 4.78 is 14.2. The largest absolute Gasteiger partial charge is 0.515 e. The predicted octanol–water partition coefficient (Wildman–Crippen LogP) is 1.69. The lowest BCUT2D eigenvalue weighted by atomic mass is 9.85. The predicted molar refractivity (Wildman–Crippen MR) is 73.2 cm³/mol. The molecule has 5 nitrogen and oxygen atoms in total. The van der Waals surface area contributed by atoms with Crippen LogP contribution in [0, 0.1) is 0 Å². The summed E-state index contributed by atoms with van der Waals surface area (Å²) in [6, 6.07) is 0.455. The Kier molecular flexibility index (Phi) is 2.98. The van der Waals surface area contributed by atoms with E-state index in [4.69, 9.17) is 9.31 Å². The molecule has 2 heterocycles. The number of hydrogen-bond acceptors (Lipinski definition) is 4. The third-order valence-corrected chi connectivity index (χ3v) is 4.77. The van der Waals surface area contributed by atoms with Crippen molar-refractivity contribution in [3.8, 4) is 0 Å². The monoisotopic (exact) mass is 263 g/mol. The standard InChI is InChI=1S/C13H22BN3O2/c1-12(2)13(3,4)19-14(18-12)11-9-15-16-17(11)10-7-5-6-8-10/h9-10H,5-8H2,1-4H3. The summed E-state index contributed by atoms with van der Waals surface area (Å²) in [6.07, 6.45) is 6.67. The smallest absolute Gasteiger partial charge is 0.398 e. The van der Waals surface area contributed by atoms with Crippen LogP contribution in [-0.2, 0) is 9.31 Å². The molecule has 1 saturated heterocycles. The topological polar surface area (TPSA) is 49.2 Å². The quantitative estimate of drug-likeness (QED) is 0.762. The van der Waals surface area contributed by atoms with E-state index in [9.17, 15) is 0 Å². The second-order valence-electron chi connectivity index (χ2n) is 6.63. The van der Waals surface area contributed by atoms with Gasteiger partial charge < -0.3 is 9.31 Å². The van der Waals surface area contributed by atoms with E-state index >= 15 is 0 Å². The van der Waals surface area contributed by atoms with Crippen LogP contribution in [0.2, 0.25) is 0 Å². The van der Waals surface area contributed by atoms with E-state index in [1.54, 1.807) is 6.20 Å². The third kappa shape index (κ3) is 2.11. The van der Waals surface area contributed by atoms with Gasteiger partial charge in [-0.05, 0) is 40.5 Å². The molecule has 0 unspecified atom stereocenters. The van der Waals surface area contributed by atoms with Crippen LogP contribution in [0.5, 0.6) is 0 Å². The van der Waals surface area contributed by atoms with Crippen molar-refractivity contribution < 1.29 is 9.31 Å². The van der Waals surface area contributed by atoms with Crippen molar-refractivity contribution in [2.75, 3.05) is 0 Å². The highest BCUT2D eigenvalue weighted by Crippen LogP contribution is 2.37. The number of rotatable bonds is 2. The molecule has 104 valence electrons. The maximum absolute atomic E-state index is 6.09. The fraction of sp³-hybridized carbons (Fsp3) is 0.846. The second-order valence-corrected chi connectivity index (χ2v) is 6.63. The van der Waals surface area contributed by atoms with Gasteiger partial charge in [0, 0.05) is 0 Å². The van der Waals surface area contributed by atoms with Gasteiger partial charge in [-0.15, -0.1) is 5.10 Å². The van der Waals surface area contributed by atoms with E-state index in [1.165, 1.54) is 25.7 Å². The summed E-state index contributed by atoms with van der Waals surface area (Å²) in [7, 11) is -0.361. The zero-order chi connectivity index (χ0) is 13.7. The fourth-order valence-electron chi connectivity index (χ4n) is 2.82. The number of hydrogen-bond donors (Lipinski definition) is 0. The first kappa shape index (κ1) is 13.1. The van der Waals surface area contributed by atoms with Crippen LogP contribution in [-0.4, -0.2) is 33.3 Å². The summed E-state index contributed by atoms with van der Waals surface area (Å²) in [5, 5.41) is 8.30. The van der Waals surface area contributed by atoms with Gasteiger partial charge in [0.2, 0.25) is 0 Å². The first-order valence-corrected chi connectivity index (χ1v) is 7.16. The SMILES string of the molecule is CC1(C)OB(c2cnnn2C2CCCC2)OC1(C)C. The number of nitrogens with zero attached hydrogens (tertiary/aromatic N) is 3. The van der Waals surface area contributed by atoms with E-state index < -0.39 is 0 Å². The molecular weight excluding hydrogens is 241 g/mol. The molecule has 0 aromatic carbocycles. The Morgan fingerprint density at radius 2 is 1.74 bits per heavy atom. The van der Waals surface area contributed by atoms with Gasteiger partial charge in [0.1, 0.15) is 0 Å². The summed E-state index contributed by atoms with van der Waals surface area (Å²) in [4.78, 5) is 0. The number of aromatic nitrogens is 3. The molecule has 1 saturated carbocycles. The Hall–Kier alpha value is -0.875. The maximum Gasteiger partial charge on any atom is 0.515 e.